The summed E-state index contributed by atoms with van der Waals surface area (Å²) in [5, 5.41) is 10.5. The largest absolute Gasteiger partial charge is 0.494 e. The van der Waals surface area contributed by atoms with Crippen LogP contribution in [-0.4, -0.2) is 52.2 Å². The molecule has 0 aliphatic heterocycles. The molecule has 1 aromatic carbocycles. The Morgan fingerprint density at radius 1 is 1.03 bits per heavy atom. The number of hydrogen-bond donors (Lipinski definition) is 1. The van der Waals surface area contributed by atoms with E-state index in [-0.39, 0.29) is 5.97 Å². The van der Waals surface area contributed by atoms with Crippen molar-refractivity contribution in [3.05, 3.63) is 59.2 Å². The van der Waals surface area contributed by atoms with E-state index < -0.39 is 5.97 Å². The number of hydrogen-bond acceptors (Lipinski definition) is 7. The predicted molar refractivity (Wildman–Crippen MR) is 110 cm³/mol. The lowest BCUT2D eigenvalue weighted by Gasteiger charge is -2.07. The van der Waals surface area contributed by atoms with Crippen LogP contribution in [0.3, 0.4) is 0 Å². The highest BCUT2D eigenvalue weighted by Gasteiger charge is 2.17. The SMILES string of the molecule is CCOC(=O)c1[nH]ncc1C.CCOC(=O)c1nn(-c2ccccc2OC)cc1C. The van der Waals surface area contributed by atoms with Gasteiger partial charge in [-0.1, -0.05) is 12.1 Å². The van der Waals surface area contributed by atoms with Gasteiger partial charge in [0.05, 0.1) is 26.5 Å². The van der Waals surface area contributed by atoms with Crippen molar-refractivity contribution in [1.82, 2.24) is 20.0 Å². The van der Waals surface area contributed by atoms with Crippen LogP contribution < -0.4 is 4.74 Å². The first-order valence-electron chi connectivity index (χ1n) is 9.46. The molecule has 0 aliphatic carbocycles. The summed E-state index contributed by atoms with van der Waals surface area (Å²) < 4.78 is 16.6. The summed E-state index contributed by atoms with van der Waals surface area (Å²) in [6.07, 6.45) is 3.37. The molecule has 0 atom stereocenters. The predicted octanol–water partition coefficient (Wildman–Crippen LogP) is 3.26. The lowest BCUT2D eigenvalue weighted by Crippen LogP contribution is -2.08. The van der Waals surface area contributed by atoms with Gasteiger partial charge in [-0.2, -0.15) is 10.2 Å². The average molecular weight is 414 g/mol. The quantitative estimate of drug-likeness (QED) is 0.617. The van der Waals surface area contributed by atoms with Gasteiger partial charge in [-0.25, -0.2) is 14.3 Å². The Morgan fingerprint density at radius 2 is 1.70 bits per heavy atom. The molecule has 2 aromatic heterocycles. The second-order valence-corrected chi connectivity index (χ2v) is 6.15. The molecule has 0 saturated heterocycles. The van der Waals surface area contributed by atoms with Crippen molar-refractivity contribution in [3.8, 4) is 11.4 Å². The zero-order chi connectivity index (χ0) is 22.1. The molecular formula is C21H26N4O5. The van der Waals surface area contributed by atoms with Crippen molar-refractivity contribution in [2.45, 2.75) is 27.7 Å². The van der Waals surface area contributed by atoms with Gasteiger partial charge in [0, 0.05) is 17.3 Å². The fourth-order valence-electron chi connectivity index (χ4n) is 2.56. The molecule has 2 heterocycles. The maximum atomic E-state index is 11.7. The summed E-state index contributed by atoms with van der Waals surface area (Å²) >= 11 is 0. The summed E-state index contributed by atoms with van der Waals surface area (Å²) in [5.74, 6) is -0.0587. The Bertz CT molecular complexity index is 993. The van der Waals surface area contributed by atoms with Crippen LogP contribution in [0, 0.1) is 13.8 Å². The number of esters is 2. The second-order valence-electron chi connectivity index (χ2n) is 6.15. The van der Waals surface area contributed by atoms with Gasteiger partial charge in [0.2, 0.25) is 0 Å². The van der Waals surface area contributed by atoms with Gasteiger partial charge in [-0.15, -0.1) is 0 Å². The van der Waals surface area contributed by atoms with Gasteiger partial charge in [0.25, 0.3) is 0 Å². The maximum absolute atomic E-state index is 11.7. The number of nitrogens with one attached hydrogen (secondary N) is 1. The molecule has 30 heavy (non-hydrogen) atoms. The van der Waals surface area contributed by atoms with Crippen LogP contribution in [0.25, 0.3) is 5.69 Å². The molecule has 0 bridgehead atoms. The van der Waals surface area contributed by atoms with Gasteiger partial charge in [0.15, 0.2) is 5.69 Å². The van der Waals surface area contributed by atoms with Crippen LogP contribution in [-0.2, 0) is 9.47 Å². The van der Waals surface area contributed by atoms with Crippen molar-refractivity contribution < 1.29 is 23.8 Å². The molecule has 9 heteroatoms. The Balaban J connectivity index is 0.000000248. The topological polar surface area (TPSA) is 108 Å². The summed E-state index contributed by atoms with van der Waals surface area (Å²) in [6.45, 7) is 7.88. The molecule has 0 saturated carbocycles. The molecule has 3 rings (SSSR count). The first kappa shape index (κ1) is 22.7. The Hall–Kier alpha value is -3.62. The molecule has 0 unspecified atom stereocenters. The number of aryl methyl sites for hydroxylation is 2. The van der Waals surface area contributed by atoms with E-state index in [0.29, 0.717) is 30.4 Å². The minimum Gasteiger partial charge on any atom is -0.494 e. The van der Waals surface area contributed by atoms with Gasteiger partial charge >= 0.3 is 11.9 Å². The van der Waals surface area contributed by atoms with Gasteiger partial charge < -0.3 is 14.2 Å². The number of para-hydroxylation sites is 2. The summed E-state index contributed by atoms with van der Waals surface area (Å²) in [4.78, 5) is 22.8. The molecule has 0 amide bonds. The number of rotatable bonds is 6. The van der Waals surface area contributed by atoms with Crippen LogP contribution in [0.2, 0.25) is 0 Å². The first-order chi connectivity index (χ1) is 14.4. The van der Waals surface area contributed by atoms with E-state index in [0.717, 1.165) is 16.8 Å². The van der Waals surface area contributed by atoms with E-state index in [1.54, 1.807) is 45.0 Å². The average Bonchev–Trinajstić information content (AvgIpc) is 3.34. The third-order valence-corrected chi connectivity index (χ3v) is 4.01. The van der Waals surface area contributed by atoms with E-state index in [1.165, 1.54) is 0 Å². The zero-order valence-corrected chi connectivity index (χ0v) is 17.8. The molecule has 9 nitrogen and oxygen atoms in total. The Labute approximate surface area is 175 Å². The summed E-state index contributed by atoms with van der Waals surface area (Å²) in [7, 11) is 1.60. The normalized spacial score (nSPS) is 10.0. The summed E-state index contributed by atoms with van der Waals surface area (Å²) in [6, 6.07) is 7.49. The fraction of sp³-hybridized carbons (Fsp3) is 0.333. The fourth-order valence-corrected chi connectivity index (χ4v) is 2.56. The number of aromatic amines is 1. The van der Waals surface area contributed by atoms with Crippen molar-refractivity contribution in [3.63, 3.8) is 0 Å². The van der Waals surface area contributed by atoms with Crippen molar-refractivity contribution in [2.24, 2.45) is 0 Å². The van der Waals surface area contributed by atoms with Crippen molar-refractivity contribution in [2.75, 3.05) is 20.3 Å². The Morgan fingerprint density at radius 3 is 2.30 bits per heavy atom. The van der Waals surface area contributed by atoms with Gasteiger partial charge in [-0.05, 0) is 39.8 Å². The molecule has 1 N–H and O–H groups in total. The highest BCUT2D eigenvalue weighted by atomic mass is 16.5. The number of benzene rings is 1. The van der Waals surface area contributed by atoms with Crippen LogP contribution in [0.15, 0.2) is 36.7 Å². The number of nitrogens with zero attached hydrogens (tertiary/aromatic N) is 3. The van der Waals surface area contributed by atoms with Crippen LogP contribution >= 0.6 is 0 Å². The van der Waals surface area contributed by atoms with Gasteiger partial charge in [-0.3, -0.25) is 5.10 Å². The zero-order valence-electron chi connectivity index (χ0n) is 17.8. The standard InChI is InChI=1S/C14H16N2O3.C7H10N2O2/c1-4-19-14(17)13-10(2)9-16(15-13)11-7-5-6-8-12(11)18-3;1-3-11-7(10)6-5(2)4-8-9-6/h5-9H,4H2,1-3H3;4H,3H2,1-2H3,(H,8,9). The number of aromatic nitrogens is 4. The molecular weight excluding hydrogens is 388 g/mol. The first-order valence-corrected chi connectivity index (χ1v) is 9.46. The third-order valence-electron chi connectivity index (χ3n) is 4.01. The highest BCUT2D eigenvalue weighted by molar-refractivity contribution is 5.89. The summed E-state index contributed by atoms with van der Waals surface area (Å²) in [5.41, 5.74) is 3.12. The van der Waals surface area contributed by atoms with Crippen LogP contribution in [0.5, 0.6) is 5.75 Å². The number of ether oxygens (including phenoxy) is 3. The Kier molecular flexibility index (Phi) is 8.16. The molecule has 3 aromatic rings. The molecule has 160 valence electrons. The van der Waals surface area contributed by atoms with E-state index in [9.17, 15) is 9.59 Å². The van der Waals surface area contributed by atoms with Crippen molar-refractivity contribution >= 4 is 11.9 Å². The molecule has 0 fully saturated rings. The van der Waals surface area contributed by atoms with Crippen LogP contribution in [0.4, 0.5) is 0 Å². The molecule has 0 spiro atoms. The van der Waals surface area contributed by atoms with Gasteiger partial charge in [0.1, 0.15) is 17.1 Å². The van der Waals surface area contributed by atoms with E-state index in [2.05, 4.69) is 15.3 Å². The lowest BCUT2D eigenvalue weighted by atomic mass is 10.3. The number of carbonyl (C=O) groups excluding carboxylic acids is 2. The molecule has 0 radical (unpaired) electrons. The number of H-pyrrole nitrogens is 1. The third kappa shape index (κ3) is 5.47. The van der Waals surface area contributed by atoms with E-state index in [4.69, 9.17) is 14.2 Å². The molecule has 0 aliphatic rings. The van der Waals surface area contributed by atoms with E-state index >= 15 is 0 Å². The second kappa shape index (κ2) is 10.8. The minimum absolute atomic E-state index is 0.327. The maximum Gasteiger partial charge on any atom is 0.359 e. The monoisotopic (exact) mass is 414 g/mol. The number of carbonyl (C=O) groups is 2. The minimum atomic E-state index is -0.409. The van der Waals surface area contributed by atoms with E-state index in [1.807, 2.05) is 31.2 Å². The van der Waals surface area contributed by atoms with Crippen molar-refractivity contribution in [1.29, 1.82) is 0 Å². The number of methoxy groups -OCH3 is 1. The van der Waals surface area contributed by atoms with Crippen LogP contribution in [0.1, 0.15) is 46.0 Å². The highest BCUT2D eigenvalue weighted by Crippen LogP contribution is 2.22. The lowest BCUT2D eigenvalue weighted by molar-refractivity contribution is 0.0508. The smallest absolute Gasteiger partial charge is 0.359 e.